The van der Waals surface area contributed by atoms with E-state index in [-0.39, 0.29) is 6.03 Å². The van der Waals surface area contributed by atoms with Gasteiger partial charge in [0.1, 0.15) is 0 Å². The third kappa shape index (κ3) is 5.33. The van der Waals surface area contributed by atoms with E-state index in [0.29, 0.717) is 12.5 Å². The van der Waals surface area contributed by atoms with E-state index in [1.54, 1.807) is 6.20 Å². The number of aromatic nitrogens is 2. The fourth-order valence-electron chi connectivity index (χ4n) is 3.34. The van der Waals surface area contributed by atoms with Crippen LogP contribution in [0.15, 0.2) is 42.7 Å². The number of aryl methyl sites for hydroxylation is 1. The Morgan fingerprint density at radius 3 is 2.73 bits per heavy atom. The molecule has 1 fully saturated rings. The van der Waals surface area contributed by atoms with E-state index in [9.17, 15) is 4.79 Å². The van der Waals surface area contributed by atoms with Crippen molar-refractivity contribution in [1.29, 1.82) is 0 Å². The summed E-state index contributed by atoms with van der Waals surface area (Å²) in [7, 11) is 0. The highest BCUT2D eigenvalue weighted by Gasteiger charge is 2.21. The van der Waals surface area contributed by atoms with Gasteiger partial charge < -0.3 is 10.2 Å². The Morgan fingerprint density at radius 2 is 2.04 bits per heavy atom. The summed E-state index contributed by atoms with van der Waals surface area (Å²) in [6.45, 7) is 10.1. The first-order valence-corrected chi connectivity index (χ1v) is 9.38. The SMILES string of the molecule is Cc1cccc(CN2CCN(C(=O)NCC(C)Cn3cccn3)CC2)c1. The Balaban J connectivity index is 1.38. The lowest BCUT2D eigenvalue weighted by Gasteiger charge is -2.35. The number of carbonyl (C=O) groups excluding carboxylic acids is 1. The largest absolute Gasteiger partial charge is 0.338 e. The van der Waals surface area contributed by atoms with Crippen LogP contribution in [0.1, 0.15) is 18.1 Å². The Labute approximate surface area is 155 Å². The zero-order valence-electron chi connectivity index (χ0n) is 15.8. The summed E-state index contributed by atoms with van der Waals surface area (Å²) < 4.78 is 1.90. The number of nitrogens with zero attached hydrogens (tertiary/aromatic N) is 4. The molecular weight excluding hydrogens is 326 g/mol. The normalized spacial score (nSPS) is 16.5. The number of urea groups is 1. The van der Waals surface area contributed by atoms with Crippen LogP contribution < -0.4 is 5.32 Å². The maximum atomic E-state index is 12.4. The van der Waals surface area contributed by atoms with Gasteiger partial charge in [-0.25, -0.2) is 4.79 Å². The van der Waals surface area contributed by atoms with E-state index in [4.69, 9.17) is 0 Å². The number of benzene rings is 1. The van der Waals surface area contributed by atoms with E-state index in [1.165, 1.54) is 11.1 Å². The highest BCUT2D eigenvalue weighted by atomic mass is 16.2. The average molecular weight is 355 g/mol. The number of nitrogens with one attached hydrogen (secondary N) is 1. The standard InChI is InChI=1S/C20H29N5O/c1-17-5-3-6-19(13-17)16-23-9-11-24(12-10-23)20(26)21-14-18(2)15-25-8-4-7-22-25/h3-8,13,18H,9-12,14-16H2,1-2H3,(H,21,26). The highest BCUT2D eigenvalue weighted by molar-refractivity contribution is 5.74. The van der Waals surface area contributed by atoms with Crippen molar-refractivity contribution in [2.45, 2.75) is 26.9 Å². The van der Waals surface area contributed by atoms with Gasteiger partial charge in [-0.05, 0) is 24.5 Å². The second-order valence-electron chi connectivity index (χ2n) is 7.27. The Hall–Kier alpha value is -2.34. The van der Waals surface area contributed by atoms with Gasteiger partial charge in [0.2, 0.25) is 0 Å². The molecule has 3 rings (SSSR count). The third-order valence-corrected chi connectivity index (χ3v) is 4.81. The summed E-state index contributed by atoms with van der Waals surface area (Å²) in [5, 5.41) is 7.27. The van der Waals surface area contributed by atoms with Gasteiger partial charge in [-0.2, -0.15) is 5.10 Å². The van der Waals surface area contributed by atoms with Crippen LogP contribution in [-0.2, 0) is 13.1 Å². The summed E-state index contributed by atoms with van der Waals surface area (Å²) in [5.74, 6) is 0.349. The molecule has 6 nitrogen and oxygen atoms in total. The molecule has 26 heavy (non-hydrogen) atoms. The smallest absolute Gasteiger partial charge is 0.317 e. The first-order chi connectivity index (χ1) is 12.6. The van der Waals surface area contributed by atoms with Crippen molar-refractivity contribution >= 4 is 6.03 Å². The molecule has 1 aromatic heterocycles. The first-order valence-electron chi connectivity index (χ1n) is 9.38. The Kier molecular flexibility index (Phi) is 6.28. The quantitative estimate of drug-likeness (QED) is 0.865. The number of amides is 2. The molecule has 2 heterocycles. The molecule has 6 heteroatoms. The van der Waals surface area contributed by atoms with E-state index in [2.05, 4.69) is 53.4 Å². The average Bonchev–Trinajstić information content (AvgIpc) is 3.13. The topological polar surface area (TPSA) is 53.4 Å². The lowest BCUT2D eigenvalue weighted by atomic mass is 10.1. The van der Waals surface area contributed by atoms with Crippen LogP contribution in [0, 0.1) is 12.8 Å². The van der Waals surface area contributed by atoms with Crippen LogP contribution in [0.4, 0.5) is 4.79 Å². The van der Waals surface area contributed by atoms with Crippen LogP contribution in [0.2, 0.25) is 0 Å². The molecule has 2 aromatic rings. The molecule has 2 amide bonds. The molecule has 0 radical (unpaired) electrons. The third-order valence-electron chi connectivity index (χ3n) is 4.81. The molecule has 140 valence electrons. The molecular formula is C20H29N5O. The number of piperazine rings is 1. The first kappa shape index (κ1) is 18.5. The summed E-state index contributed by atoms with van der Waals surface area (Å²) in [5.41, 5.74) is 2.64. The predicted octanol–water partition coefficient (Wildman–Crippen LogP) is 2.36. The van der Waals surface area contributed by atoms with Crippen molar-refractivity contribution in [3.05, 3.63) is 53.9 Å². The van der Waals surface area contributed by atoms with Gasteiger partial charge in [0.15, 0.2) is 0 Å². The highest BCUT2D eigenvalue weighted by Crippen LogP contribution is 2.10. The summed E-state index contributed by atoms with van der Waals surface area (Å²) in [4.78, 5) is 16.7. The van der Waals surface area contributed by atoms with Crippen molar-refractivity contribution in [2.75, 3.05) is 32.7 Å². The van der Waals surface area contributed by atoms with Crippen LogP contribution >= 0.6 is 0 Å². The molecule has 1 aromatic carbocycles. The van der Waals surface area contributed by atoms with Crippen molar-refractivity contribution in [1.82, 2.24) is 24.9 Å². The molecule has 0 aliphatic carbocycles. The van der Waals surface area contributed by atoms with E-state index in [1.807, 2.05) is 21.8 Å². The molecule has 1 unspecified atom stereocenters. The molecule has 0 spiro atoms. The van der Waals surface area contributed by atoms with E-state index >= 15 is 0 Å². The van der Waals surface area contributed by atoms with E-state index < -0.39 is 0 Å². The van der Waals surface area contributed by atoms with Crippen LogP contribution in [-0.4, -0.2) is 58.3 Å². The molecule has 1 aliphatic rings. The number of rotatable bonds is 6. The minimum Gasteiger partial charge on any atom is -0.338 e. The van der Waals surface area contributed by atoms with Crippen LogP contribution in [0.3, 0.4) is 0 Å². The monoisotopic (exact) mass is 355 g/mol. The molecule has 0 saturated carbocycles. The lowest BCUT2D eigenvalue weighted by Crippen LogP contribution is -2.52. The fourth-order valence-corrected chi connectivity index (χ4v) is 3.34. The van der Waals surface area contributed by atoms with Crippen LogP contribution in [0.25, 0.3) is 0 Å². The second-order valence-corrected chi connectivity index (χ2v) is 7.27. The zero-order chi connectivity index (χ0) is 18.4. The van der Waals surface area contributed by atoms with Crippen molar-refractivity contribution < 1.29 is 4.79 Å². The van der Waals surface area contributed by atoms with Gasteiger partial charge in [0, 0.05) is 58.2 Å². The van der Waals surface area contributed by atoms with Crippen molar-refractivity contribution in [3.63, 3.8) is 0 Å². The summed E-state index contributed by atoms with van der Waals surface area (Å²) in [6, 6.07) is 10.6. The van der Waals surface area contributed by atoms with Crippen LogP contribution in [0.5, 0.6) is 0 Å². The minimum atomic E-state index is 0.0486. The number of hydrogen-bond acceptors (Lipinski definition) is 3. The van der Waals surface area contributed by atoms with Gasteiger partial charge in [-0.15, -0.1) is 0 Å². The minimum absolute atomic E-state index is 0.0486. The molecule has 1 saturated heterocycles. The van der Waals surface area contributed by atoms with Gasteiger partial charge in [-0.1, -0.05) is 36.8 Å². The molecule has 1 N–H and O–H groups in total. The van der Waals surface area contributed by atoms with Gasteiger partial charge in [-0.3, -0.25) is 9.58 Å². The van der Waals surface area contributed by atoms with E-state index in [0.717, 1.165) is 39.3 Å². The molecule has 1 aliphatic heterocycles. The number of carbonyl (C=O) groups is 1. The fraction of sp³-hybridized carbons (Fsp3) is 0.500. The maximum Gasteiger partial charge on any atom is 0.317 e. The van der Waals surface area contributed by atoms with Crippen molar-refractivity contribution in [2.24, 2.45) is 5.92 Å². The summed E-state index contributed by atoms with van der Waals surface area (Å²) >= 11 is 0. The predicted molar refractivity (Wildman–Crippen MR) is 103 cm³/mol. The van der Waals surface area contributed by atoms with Gasteiger partial charge >= 0.3 is 6.03 Å². The maximum absolute atomic E-state index is 12.4. The van der Waals surface area contributed by atoms with Crippen molar-refractivity contribution in [3.8, 4) is 0 Å². The molecule has 1 atom stereocenters. The van der Waals surface area contributed by atoms with Gasteiger partial charge in [0.05, 0.1) is 0 Å². The summed E-state index contributed by atoms with van der Waals surface area (Å²) in [6.07, 6.45) is 3.73. The lowest BCUT2D eigenvalue weighted by molar-refractivity contribution is 0.134. The Bertz CT molecular complexity index is 692. The molecule has 0 bridgehead atoms. The zero-order valence-corrected chi connectivity index (χ0v) is 15.8. The van der Waals surface area contributed by atoms with Gasteiger partial charge in [0.25, 0.3) is 0 Å². The number of hydrogen-bond donors (Lipinski definition) is 1. The Morgan fingerprint density at radius 1 is 1.23 bits per heavy atom. The second kappa shape index (κ2) is 8.85.